The Morgan fingerprint density at radius 3 is 2.45 bits per heavy atom. The minimum atomic E-state index is -4.54. The van der Waals surface area contributed by atoms with Crippen LogP contribution in [0, 0.1) is 18.3 Å². The van der Waals surface area contributed by atoms with Gasteiger partial charge < -0.3 is 21.5 Å². The lowest BCUT2D eigenvalue weighted by Gasteiger charge is -2.22. The third-order valence-corrected chi connectivity index (χ3v) is 6.39. The zero-order valence-electron chi connectivity index (χ0n) is 23.1. The number of carbonyl (C=O) groups is 1. The molecule has 0 unspecified atom stereocenters. The van der Waals surface area contributed by atoms with Gasteiger partial charge in [-0.05, 0) is 60.5 Å². The van der Waals surface area contributed by atoms with Crippen molar-refractivity contribution in [3.05, 3.63) is 83.7 Å². The van der Waals surface area contributed by atoms with E-state index in [2.05, 4.69) is 26.6 Å². The molecule has 0 saturated carbocycles. The Morgan fingerprint density at radius 2 is 1.81 bits per heavy atom. The molecule has 3 aromatic heterocycles. The van der Waals surface area contributed by atoms with Crippen LogP contribution in [0.15, 0.2) is 67.0 Å². The topological polar surface area (TPSA) is 101 Å². The Hall–Kier alpha value is -4.54. The Bertz CT molecular complexity index is 1810. The van der Waals surface area contributed by atoms with E-state index in [1.807, 2.05) is 21.1 Å². The molecule has 0 aliphatic carbocycles. The second-order valence-corrected chi connectivity index (χ2v) is 10.6. The molecule has 1 amide bonds. The smallest absolute Gasteiger partial charge is 0.416 e. The van der Waals surface area contributed by atoms with Crippen LogP contribution in [0.3, 0.4) is 0 Å². The minimum Gasteiger partial charge on any atom is -1.00 e. The van der Waals surface area contributed by atoms with Crippen LogP contribution in [0.5, 0.6) is 0 Å². The number of nitrogens with one attached hydrogen (secondary N) is 1. The SMILES string of the molecule is Cc1c(-c2ccnn2-c2ccc(C#N)cc2)cn2nc(NC(=O)C[N+](C)(C)C)nc2c1-c1cccc(C(F)(F)F)c1.[Br-]. The number of aromatic nitrogens is 5. The zero-order valence-corrected chi connectivity index (χ0v) is 24.7. The quantitative estimate of drug-likeness (QED) is 0.287. The average Bonchev–Trinajstić information content (AvgIpc) is 3.53. The van der Waals surface area contributed by atoms with E-state index in [0.29, 0.717) is 43.7 Å². The van der Waals surface area contributed by atoms with Gasteiger partial charge in [-0.1, -0.05) is 12.1 Å². The minimum absolute atomic E-state index is 0. The number of carbonyl (C=O) groups excluding carboxylic acids is 1. The fourth-order valence-electron chi connectivity index (χ4n) is 4.60. The Morgan fingerprint density at radius 1 is 1.10 bits per heavy atom. The predicted molar refractivity (Wildman–Crippen MR) is 147 cm³/mol. The molecule has 0 aliphatic heterocycles. The summed E-state index contributed by atoms with van der Waals surface area (Å²) < 4.78 is 44.5. The van der Waals surface area contributed by atoms with Gasteiger partial charge in [0, 0.05) is 17.3 Å². The number of quaternary nitrogens is 1. The molecule has 0 saturated heterocycles. The van der Waals surface area contributed by atoms with Gasteiger partial charge in [-0.25, -0.2) is 9.20 Å². The molecule has 0 spiro atoms. The molecule has 1 N–H and O–H groups in total. The van der Waals surface area contributed by atoms with Crippen molar-refractivity contribution >= 4 is 17.5 Å². The van der Waals surface area contributed by atoms with E-state index >= 15 is 0 Å². The van der Waals surface area contributed by atoms with E-state index in [1.165, 1.54) is 10.6 Å². The number of nitrogens with zero attached hydrogens (tertiary/aromatic N) is 7. The van der Waals surface area contributed by atoms with Crippen LogP contribution < -0.4 is 22.3 Å². The summed E-state index contributed by atoms with van der Waals surface area (Å²) in [4.78, 5) is 17.1. The monoisotopic (exact) mass is 638 g/mol. The van der Waals surface area contributed by atoms with Crippen molar-refractivity contribution in [3.8, 4) is 34.1 Å². The van der Waals surface area contributed by atoms with Gasteiger partial charge in [-0.3, -0.25) is 10.1 Å². The lowest BCUT2D eigenvalue weighted by molar-refractivity contribution is -0.861. The molecule has 0 aliphatic rings. The third-order valence-electron chi connectivity index (χ3n) is 6.39. The van der Waals surface area contributed by atoms with Gasteiger partial charge in [0.05, 0.1) is 55.9 Å². The first-order valence-corrected chi connectivity index (χ1v) is 12.6. The van der Waals surface area contributed by atoms with Crippen LogP contribution in [-0.4, -0.2) is 62.5 Å². The molecule has 216 valence electrons. The number of fused-ring (bicyclic) bond motifs is 1. The molecule has 0 bridgehead atoms. The highest BCUT2D eigenvalue weighted by atomic mass is 79.9. The summed E-state index contributed by atoms with van der Waals surface area (Å²) in [6.45, 7) is 1.97. The molecule has 5 aromatic rings. The number of halogens is 4. The first-order chi connectivity index (χ1) is 19.3. The summed E-state index contributed by atoms with van der Waals surface area (Å²) in [6.07, 6.45) is -1.22. The zero-order chi connectivity index (χ0) is 29.5. The van der Waals surface area contributed by atoms with Gasteiger partial charge in [0.15, 0.2) is 12.2 Å². The predicted octanol–water partition coefficient (Wildman–Crippen LogP) is 2.10. The van der Waals surface area contributed by atoms with Crippen molar-refractivity contribution in [2.45, 2.75) is 13.1 Å². The largest absolute Gasteiger partial charge is 1.00 e. The second-order valence-electron chi connectivity index (χ2n) is 10.6. The standard InChI is InChI=1S/C29H25F3N8O.BrH/c1-18-23(24-12-13-34-39(24)22-10-8-19(15-33)9-11-22)16-38-27(36-28(37-38)35-25(41)17-40(2,3)4)26(18)20-6-5-7-21(14-20)29(30,31)32;/h5-14,16H,17H2,1-4H3;1H. The molecule has 0 fully saturated rings. The summed E-state index contributed by atoms with van der Waals surface area (Å²) >= 11 is 0. The number of hydrogen-bond acceptors (Lipinski definition) is 5. The van der Waals surface area contributed by atoms with Crippen molar-refractivity contribution in [1.82, 2.24) is 24.4 Å². The maximum absolute atomic E-state index is 13.7. The maximum atomic E-state index is 13.7. The van der Waals surface area contributed by atoms with E-state index in [4.69, 9.17) is 5.26 Å². The fraction of sp³-hybridized carbons (Fsp3) is 0.207. The average molecular weight is 639 g/mol. The van der Waals surface area contributed by atoms with Crippen LogP contribution in [0.4, 0.5) is 19.1 Å². The summed E-state index contributed by atoms with van der Waals surface area (Å²) in [5.41, 5.74) is 3.33. The molecular weight excluding hydrogens is 613 g/mol. The molecule has 0 radical (unpaired) electrons. The number of anilines is 1. The molecule has 2 aromatic carbocycles. The molecule has 13 heteroatoms. The summed E-state index contributed by atoms with van der Waals surface area (Å²) in [5.74, 6) is -0.265. The summed E-state index contributed by atoms with van der Waals surface area (Å²) in [7, 11) is 5.61. The van der Waals surface area contributed by atoms with Crippen molar-refractivity contribution < 1.29 is 39.4 Å². The number of hydrogen-bond donors (Lipinski definition) is 1. The van der Waals surface area contributed by atoms with Gasteiger partial charge in [0.2, 0.25) is 5.95 Å². The maximum Gasteiger partial charge on any atom is 0.416 e. The van der Waals surface area contributed by atoms with Gasteiger partial charge in [-0.2, -0.15) is 28.5 Å². The number of likely N-dealkylation sites (N-methyl/N-ethyl adjacent to an activating group) is 1. The van der Waals surface area contributed by atoms with Crippen LogP contribution in [-0.2, 0) is 11.0 Å². The lowest BCUT2D eigenvalue weighted by Crippen LogP contribution is -3.00. The molecule has 3 heterocycles. The Labute approximate surface area is 250 Å². The molecule has 9 nitrogen and oxygen atoms in total. The third kappa shape index (κ3) is 6.19. The number of nitriles is 1. The van der Waals surface area contributed by atoms with E-state index in [-0.39, 0.29) is 41.0 Å². The first kappa shape index (κ1) is 30.4. The highest BCUT2D eigenvalue weighted by Gasteiger charge is 2.31. The lowest BCUT2D eigenvalue weighted by atomic mass is 9.95. The molecule has 42 heavy (non-hydrogen) atoms. The Kier molecular flexibility index (Phi) is 8.25. The van der Waals surface area contributed by atoms with Crippen molar-refractivity contribution in [2.75, 3.05) is 33.0 Å². The van der Waals surface area contributed by atoms with Crippen molar-refractivity contribution in [3.63, 3.8) is 0 Å². The van der Waals surface area contributed by atoms with Gasteiger partial charge in [0.25, 0.3) is 5.91 Å². The Balaban J connectivity index is 0.00000405. The van der Waals surface area contributed by atoms with Crippen LogP contribution in [0.1, 0.15) is 16.7 Å². The second kappa shape index (κ2) is 11.4. The van der Waals surface area contributed by atoms with Crippen molar-refractivity contribution in [2.24, 2.45) is 0 Å². The number of alkyl halides is 3. The number of rotatable bonds is 6. The molecule has 0 atom stereocenters. The van der Waals surface area contributed by atoms with E-state index in [9.17, 15) is 18.0 Å². The highest BCUT2D eigenvalue weighted by Crippen LogP contribution is 2.38. The summed E-state index contributed by atoms with van der Waals surface area (Å²) in [5, 5.41) is 20.8. The van der Waals surface area contributed by atoms with E-state index < -0.39 is 11.7 Å². The number of amides is 1. The highest BCUT2D eigenvalue weighted by molar-refractivity contribution is 5.91. The fourth-order valence-corrected chi connectivity index (χ4v) is 4.60. The normalized spacial score (nSPS) is 11.7. The van der Waals surface area contributed by atoms with Gasteiger partial charge in [0.1, 0.15) is 0 Å². The van der Waals surface area contributed by atoms with Crippen molar-refractivity contribution in [1.29, 1.82) is 5.26 Å². The van der Waals surface area contributed by atoms with Crippen LogP contribution in [0.25, 0.3) is 33.7 Å². The molecule has 5 rings (SSSR count). The number of benzene rings is 2. The summed E-state index contributed by atoms with van der Waals surface area (Å²) in [6, 6.07) is 15.8. The van der Waals surface area contributed by atoms with E-state index in [0.717, 1.165) is 12.1 Å². The number of pyridine rings is 1. The first-order valence-electron chi connectivity index (χ1n) is 12.6. The van der Waals surface area contributed by atoms with Gasteiger partial charge in [-0.15, -0.1) is 5.10 Å². The van der Waals surface area contributed by atoms with Crippen LogP contribution in [0.2, 0.25) is 0 Å². The van der Waals surface area contributed by atoms with E-state index in [1.54, 1.807) is 60.4 Å². The van der Waals surface area contributed by atoms with Gasteiger partial charge >= 0.3 is 6.18 Å². The van der Waals surface area contributed by atoms with Crippen LogP contribution >= 0.6 is 0 Å². The molecular formula is C29H26BrF3N8O.